The number of para-hydroxylation sites is 1. The van der Waals surface area contributed by atoms with Crippen molar-refractivity contribution in [3.63, 3.8) is 0 Å². The van der Waals surface area contributed by atoms with Crippen molar-refractivity contribution in [2.24, 2.45) is 5.92 Å². The molecule has 2 aliphatic heterocycles. The zero-order valence-electron chi connectivity index (χ0n) is 15.3. The van der Waals surface area contributed by atoms with Gasteiger partial charge >= 0.3 is 0 Å². The van der Waals surface area contributed by atoms with Crippen LogP contribution in [0, 0.1) is 5.92 Å². The number of nitrogens with one attached hydrogen (secondary N) is 1. The largest absolute Gasteiger partial charge is 0.492 e. The van der Waals surface area contributed by atoms with Crippen molar-refractivity contribution in [2.75, 3.05) is 19.7 Å². The highest BCUT2D eigenvalue weighted by molar-refractivity contribution is 5.79. The lowest BCUT2D eigenvalue weighted by Gasteiger charge is -2.34. The molecule has 2 aromatic rings. The molecule has 26 heavy (non-hydrogen) atoms. The number of ether oxygens (including phenoxy) is 1. The predicted octanol–water partition coefficient (Wildman–Crippen LogP) is 2.80. The average molecular weight is 350 g/mol. The molecule has 4 nitrogen and oxygen atoms in total. The summed E-state index contributed by atoms with van der Waals surface area (Å²) in [5.41, 5.74) is 3.99. The molecule has 0 saturated carbocycles. The zero-order chi connectivity index (χ0) is 17.9. The Bertz CT molecular complexity index is 789. The minimum atomic E-state index is -0.0980. The Balaban J connectivity index is 1.30. The van der Waals surface area contributed by atoms with E-state index in [1.807, 2.05) is 24.3 Å². The van der Waals surface area contributed by atoms with Gasteiger partial charge in [-0.15, -0.1) is 0 Å². The van der Waals surface area contributed by atoms with Gasteiger partial charge in [0.1, 0.15) is 12.4 Å². The fourth-order valence-corrected chi connectivity index (χ4v) is 3.91. The number of hydrogen-bond donors (Lipinski definition) is 1. The quantitative estimate of drug-likeness (QED) is 0.922. The van der Waals surface area contributed by atoms with Crippen molar-refractivity contribution < 1.29 is 9.53 Å². The second-order valence-electron chi connectivity index (χ2n) is 7.40. The second-order valence-corrected chi connectivity index (χ2v) is 7.40. The van der Waals surface area contributed by atoms with Crippen LogP contribution in [-0.2, 0) is 24.2 Å². The molecule has 4 heteroatoms. The molecular weight excluding hydrogens is 324 g/mol. The van der Waals surface area contributed by atoms with Crippen molar-refractivity contribution in [3.8, 4) is 5.75 Å². The summed E-state index contributed by atoms with van der Waals surface area (Å²) in [4.78, 5) is 15.0. The van der Waals surface area contributed by atoms with Crippen LogP contribution in [0.4, 0.5) is 0 Å². The Labute approximate surface area is 155 Å². The molecule has 1 N–H and O–H groups in total. The zero-order valence-corrected chi connectivity index (χ0v) is 15.3. The third-order valence-electron chi connectivity index (χ3n) is 5.60. The first-order chi connectivity index (χ1) is 12.7. The average Bonchev–Trinajstić information content (AvgIpc) is 2.71. The predicted molar refractivity (Wildman–Crippen MR) is 102 cm³/mol. The molecule has 2 aliphatic rings. The smallest absolute Gasteiger partial charge is 0.226 e. The van der Waals surface area contributed by atoms with E-state index in [0.29, 0.717) is 19.2 Å². The van der Waals surface area contributed by atoms with Crippen LogP contribution < -0.4 is 10.1 Å². The number of amides is 1. The third kappa shape index (κ3) is 3.61. The van der Waals surface area contributed by atoms with Crippen LogP contribution in [0.2, 0.25) is 0 Å². The van der Waals surface area contributed by atoms with Crippen LogP contribution in [0.1, 0.15) is 23.6 Å². The Morgan fingerprint density at radius 2 is 1.88 bits per heavy atom. The van der Waals surface area contributed by atoms with E-state index in [-0.39, 0.29) is 11.8 Å². The molecular formula is C22H26N2O2. The highest BCUT2D eigenvalue weighted by Gasteiger charge is 2.27. The van der Waals surface area contributed by atoms with Crippen molar-refractivity contribution in [2.45, 2.75) is 32.4 Å². The second kappa shape index (κ2) is 7.50. The number of carbonyl (C=O) groups is 1. The number of rotatable bonds is 4. The first-order valence-corrected chi connectivity index (χ1v) is 9.50. The monoisotopic (exact) mass is 350 g/mol. The Morgan fingerprint density at radius 1 is 1.15 bits per heavy atom. The maximum Gasteiger partial charge on any atom is 0.226 e. The molecule has 1 amide bonds. The van der Waals surface area contributed by atoms with Gasteiger partial charge in [-0.05, 0) is 42.5 Å². The Kier molecular flexibility index (Phi) is 4.93. The van der Waals surface area contributed by atoms with Gasteiger partial charge in [0.05, 0.1) is 5.92 Å². The first kappa shape index (κ1) is 17.1. The van der Waals surface area contributed by atoms with Crippen LogP contribution in [0.5, 0.6) is 5.75 Å². The van der Waals surface area contributed by atoms with Gasteiger partial charge in [0.2, 0.25) is 5.91 Å². The summed E-state index contributed by atoms with van der Waals surface area (Å²) in [6, 6.07) is 17.0. The standard InChI is InChI=1S/C22H26N2O2/c1-16(24-11-10-17-6-2-3-8-19(17)14-24)13-23-22(25)20-12-18-7-4-5-9-21(18)26-15-20/h2-9,16,20H,10-15H2,1H3,(H,23,25). The van der Waals surface area contributed by atoms with Crippen LogP contribution in [0.15, 0.2) is 48.5 Å². The van der Waals surface area contributed by atoms with Gasteiger partial charge in [0, 0.05) is 25.7 Å². The number of carbonyl (C=O) groups excluding carboxylic acids is 1. The fourth-order valence-electron chi connectivity index (χ4n) is 3.91. The summed E-state index contributed by atoms with van der Waals surface area (Å²) in [6.45, 7) is 5.36. The molecule has 2 heterocycles. The van der Waals surface area contributed by atoms with E-state index in [1.54, 1.807) is 0 Å². The highest BCUT2D eigenvalue weighted by Crippen LogP contribution is 2.27. The summed E-state index contributed by atoms with van der Waals surface area (Å²) >= 11 is 0. The van der Waals surface area contributed by atoms with E-state index in [2.05, 4.69) is 41.4 Å². The number of hydrogen-bond acceptors (Lipinski definition) is 3. The number of benzene rings is 2. The van der Waals surface area contributed by atoms with E-state index in [9.17, 15) is 4.79 Å². The number of fused-ring (bicyclic) bond motifs is 2. The highest BCUT2D eigenvalue weighted by atomic mass is 16.5. The van der Waals surface area contributed by atoms with Crippen LogP contribution in [0.3, 0.4) is 0 Å². The summed E-state index contributed by atoms with van der Waals surface area (Å²) in [5, 5.41) is 3.14. The van der Waals surface area contributed by atoms with Crippen molar-refractivity contribution in [3.05, 3.63) is 65.2 Å². The molecule has 0 radical (unpaired) electrons. The van der Waals surface area contributed by atoms with E-state index < -0.39 is 0 Å². The molecule has 0 spiro atoms. The maximum atomic E-state index is 12.6. The van der Waals surface area contributed by atoms with Crippen molar-refractivity contribution in [1.29, 1.82) is 0 Å². The minimum Gasteiger partial charge on any atom is -0.492 e. The fraction of sp³-hybridized carbons (Fsp3) is 0.409. The SMILES string of the molecule is CC(CNC(=O)C1COc2ccccc2C1)N1CCc2ccccc2C1. The molecule has 0 aromatic heterocycles. The van der Waals surface area contributed by atoms with Gasteiger partial charge in [-0.25, -0.2) is 0 Å². The maximum absolute atomic E-state index is 12.6. The third-order valence-corrected chi connectivity index (χ3v) is 5.60. The normalized spacial score (nSPS) is 20.4. The molecule has 2 aromatic carbocycles. The van der Waals surface area contributed by atoms with Crippen LogP contribution >= 0.6 is 0 Å². The van der Waals surface area contributed by atoms with Crippen molar-refractivity contribution in [1.82, 2.24) is 10.2 Å². The molecule has 136 valence electrons. The first-order valence-electron chi connectivity index (χ1n) is 9.50. The topological polar surface area (TPSA) is 41.6 Å². The Morgan fingerprint density at radius 3 is 2.73 bits per heavy atom. The molecule has 0 aliphatic carbocycles. The van der Waals surface area contributed by atoms with E-state index in [4.69, 9.17) is 4.74 Å². The molecule has 0 bridgehead atoms. The van der Waals surface area contributed by atoms with Gasteiger partial charge in [-0.3, -0.25) is 9.69 Å². The van der Waals surface area contributed by atoms with Gasteiger partial charge in [0.25, 0.3) is 0 Å². The van der Waals surface area contributed by atoms with E-state index in [1.165, 1.54) is 11.1 Å². The summed E-state index contributed by atoms with van der Waals surface area (Å²) in [6.07, 6.45) is 1.84. The van der Waals surface area contributed by atoms with Crippen LogP contribution in [0.25, 0.3) is 0 Å². The number of nitrogens with zero attached hydrogens (tertiary/aromatic N) is 1. The lowest BCUT2D eigenvalue weighted by atomic mass is 9.96. The Hall–Kier alpha value is -2.33. The summed E-state index contributed by atoms with van der Waals surface area (Å²) in [5.74, 6) is 0.917. The summed E-state index contributed by atoms with van der Waals surface area (Å²) < 4.78 is 5.75. The molecule has 0 saturated heterocycles. The van der Waals surface area contributed by atoms with E-state index in [0.717, 1.165) is 37.2 Å². The van der Waals surface area contributed by atoms with Gasteiger partial charge in [-0.1, -0.05) is 42.5 Å². The van der Waals surface area contributed by atoms with Gasteiger partial charge in [0.15, 0.2) is 0 Å². The lowest BCUT2D eigenvalue weighted by molar-refractivity contribution is -0.126. The molecule has 2 unspecified atom stereocenters. The lowest BCUT2D eigenvalue weighted by Crippen LogP contribution is -2.46. The van der Waals surface area contributed by atoms with Crippen molar-refractivity contribution >= 4 is 5.91 Å². The van der Waals surface area contributed by atoms with E-state index >= 15 is 0 Å². The molecule has 0 fully saturated rings. The van der Waals surface area contributed by atoms with Crippen LogP contribution in [-0.4, -0.2) is 36.5 Å². The molecule has 4 rings (SSSR count). The molecule has 2 atom stereocenters. The summed E-state index contributed by atoms with van der Waals surface area (Å²) in [7, 11) is 0. The van der Waals surface area contributed by atoms with Gasteiger partial charge < -0.3 is 10.1 Å². The minimum absolute atomic E-state index is 0.0980. The van der Waals surface area contributed by atoms with Gasteiger partial charge in [-0.2, -0.15) is 0 Å².